The first-order valence-corrected chi connectivity index (χ1v) is 6.19. The molecule has 1 heterocycles. The number of rotatable bonds is 1. The SMILES string of the molecule is COC(=O)c1ccc2cc3c(cc2c1)OCCCO3. The maximum Gasteiger partial charge on any atom is 0.337 e. The van der Waals surface area contributed by atoms with Crippen LogP contribution in [0.4, 0.5) is 0 Å². The molecule has 0 aliphatic carbocycles. The zero-order valence-corrected chi connectivity index (χ0v) is 10.6. The second-order valence-electron chi connectivity index (χ2n) is 4.40. The van der Waals surface area contributed by atoms with E-state index >= 15 is 0 Å². The van der Waals surface area contributed by atoms with E-state index in [-0.39, 0.29) is 5.97 Å². The summed E-state index contributed by atoms with van der Waals surface area (Å²) in [5.74, 6) is 1.15. The Morgan fingerprint density at radius 3 is 2.42 bits per heavy atom. The van der Waals surface area contributed by atoms with Gasteiger partial charge < -0.3 is 14.2 Å². The summed E-state index contributed by atoms with van der Waals surface area (Å²) in [5, 5.41) is 1.95. The molecular formula is C15H14O4. The van der Waals surface area contributed by atoms with E-state index in [1.165, 1.54) is 7.11 Å². The van der Waals surface area contributed by atoms with E-state index in [0.717, 1.165) is 28.7 Å². The molecule has 98 valence electrons. The monoisotopic (exact) mass is 258 g/mol. The van der Waals surface area contributed by atoms with Gasteiger partial charge in [-0.05, 0) is 35.0 Å². The highest BCUT2D eigenvalue weighted by atomic mass is 16.5. The average Bonchev–Trinajstić information content (AvgIpc) is 2.68. The molecule has 0 atom stereocenters. The molecular weight excluding hydrogens is 244 g/mol. The Hall–Kier alpha value is -2.23. The van der Waals surface area contributed by atoms with Gasteiger partial charge in [-0.3, -0.25) is 0 Å². The van der Waals surface area contributed by atoms with Gasteiger partial charge in [0.15, 0.2) is 11.5 Å². The molecule has 2 aromatic carbocycles. The predicted octanol–water partition coefficient (Wildman–Crippen LogP) is 2.79. The molecule has 0 radical (unpaired) electrons. The fourth-order valence-electron chi connectivity index (χ4n) is 2.15. The lowest BCUT2D eigenvalue weighted by Gasteiger charge is -2.09. The van der Waals surface area contributed by atoms with Gasteiger partial charge in [-0.1, -0.05) is 6.07 Å². The molecule has 19 heavy (non-hydrogen) atoms. The molecule has 4 heteroatoms. The Bertz CT molecular complexity index is 633. The van der Waals surface area contributed by atoms with Gasteiger partial charge in [0.05, 0.1) is 25.9 Å². The van der Waals surface area contributed by atoms with Gasteiger partial charge in [-0.2, -0.15) is 0 Å². The van der Waals surface area contributed by atoms with Crippen molar-refractivity contribution < 1.29 is 19.0 Å². The van der Waals surface area contributed by atoms with Gasteiger partial charge in [0.1, 0.15) is 0 Å². The number of fused-ring (bicyclic) bond motifs is 2. The van der Waals surface area contributed by atoms with Crippen molar-refractivity contribution >= 4 is 16.7 Å². The fraction of sp³-hybridized carbons (Fsp3) is 0.267. The van der Waals surface area contributed by atoms with Crippen LogP contribution in [0.15, 0.2) is 30.3 Å². The van der Waals surface area contributed by atoms with Crippen molar-refractivity contribution in [2.24, 2.45) is 0 Å². The van der Waals surface area contributed by atoms with Gasteiger partial charge in [0.25, 0.3) is 0 Å². The van der Waals surface area contributed by atoms with E-state index in [1.54, 1.807) is 12.1 Å². The number of hydrogen-bond acceptors (Lipinski definition) is 4. The summed E-state index contributed by atoms with van der Waals surface area (Å²) in [7, 11) is 1.38. The Balaban J connectivity index is 2.10. The zero-order chi connectivity index (χ0) is 13.2. The van der Waals surface area contributed by atoms with Crippen LogP contribution in [0, 0.1) is 0 Å². The van der Waals surface area contributed by atoms with Crippen molar-refractivity contribution in [2.45, 2.75) is 6.42 Å². The molecule has 0 fully saturated rings. The Morgan fingerprint density at radius 2 is 1.74 bits per heavy atom. The van der Waals surface area contributed by atoms with E-state index in [4.69, 9.17) is 14.2 Å². The third kappa shape index (κ3) is 2.21. The third-order valence-electron chi connectivity index (χ3n) is 3.13. The highest BCUT2D eigenvalue weighted by Crippen LogP contribution is 2.34. The molecule has 0 N–H and O–H groups in total. The van der Waals surface area contributed by atoms with E-state index in [0.29, 0.717) is 18.8 Å². The number of esters is 1. The fourth-order valence-corrected chi connectivity index (χ4v) is 2.15. The topological polar surface area (TPSA) is 44.8 Å². The van der Waals surface area contributed by atoms with Crippen molar-refractivity contribution in [1.82, 2.24) is 0 Å². The second-order valence-corrected chi connectivity index (χ2v) is 4.40. The van der Waals surface area contributed by atoms with Crippen LogP contribution in [0.5, 0.6) is 11.5 Å². The highest BCUT2D eigenvalue weighted by molar-refractivity contribution is 5.96. The molecule has 0 saturated carbocycles. The number of carbonyl (C=O) groups is 1. The van der Waals surface area contributed by atoms with E-state index < -0.39 is 0 Å². The second kappa shape index (κ2) is 4.80. The maximum atomic E-state index is 11.5. The molecule has 1 aliphatic rings. The van der Waals surface area contributed by atoms with Crippen molar-refractivity contribution in [3.8, 4) is 11.5 Å². The molecule has 3 rings (SSSR count). The molecule has 0 aromatic heterocycles. The summed E-state index contributed by atoms with van der Waals surface area (Å²) in [6.45, 7) is 1.31. The maximum absolute atomic E-state index is 11.5. The van der Waals surface area contributed by atoms with Crippen LogP contribution in [0.1, 0.15) is 16.8 Å². The van der Waals surface area contributed by atoms with Gasteiger partial charge >= 0.3 is 5.97 Å². The molecule has 0 bridgehead atoms. The van der Waals surface area contributed by atoms with E-state index in [2.05, 4.69) is 0 Å². The summed E-state index contributed by atoms with van der Waals surface area (Å²) in [6, 6.07) is 9.28. The van der Waals surface area contributed by atoms with Crippen molar-refractivity contribution in [3.63, 3.8) is 0 Å². The lowest BCUT2D eigenvalue weighted by molar-refractivity contribution is 0.0601. The molecule has 4 nitrogen and oxygen atoms in total. The first-order valence-electron chi connectivity index (χ1n) is 6.19. The Morgan fingerprint density at radius 1 is 1.05 bits per heavy atom. The number of hydrogen-bond donors (Lipinski definition) is 0. The quantitative estimate of drug-likeness (QED) is 0.738. The van der Waals surface area contributed by atoms with Crippen molar-refractivity contribution in [2.75, 3.05) is 20.3 Å². The van der Waals surface area contributed by atoms with Gasteiger partial charge in [-0.25, -0.2) is 4.79 Å². The lowest BCUT2D eigenvalue weighted by atomic mass is 10.1. The van der Waals surface area contributed by atoms with Crippen molar-refractivity contribution in [3.05, 3.63) is 35.9 Å². The summed E-state index contributed by atoms with van der Waals surface area (Å²) < 4.78 is 16.0. The minimum Gasteiger partial charge on any atom is -0.490 e. The van der Waals surface area contributed by atoms with E-state index in [1.807, 2.05) is 18.2 Å². The van der Waals surface area contributed by atoms with Crippen LogP contribution >= 0.6 is 0 Å². The first kappa shape index (κ1) is 11.8. The minimum atomic E-state index is -0.339. The Kier molecular flexibility index (Phi) is 2.99. The molecule has 1 aliphatic heterocycles. The standard InChI is InChI=1S/C15H14O4/c1-17-15(16)11-4-3-10-8-13-14(9-12(10)7-11)19-6-2-5-18-13/h3-4,7-9H,2,5-6H2,1H3. The summed E-state index contributed by atoms with van der Waals surface area (Å²) in [4.78, 5) is 11.5. The summed E-state index contributed by atoms with van der Waals surface area (Å²) in [6.07, 6.45) is 0.873. The smallest absolute Gasteiger partial charge is 0.337 e. The van der Waals surface area contributed by atoms with Crippen LogP contribution < -0.4 is 9.47 Å². The largest absolute Gasteiger partial charge is 0.490 e. The summed E-state index contributed by atoms with van der Waals surface area (Å²) in [5.41, 5.74) is 0.532. The van der Waals surface area contributed by atoms with Gasteiger partial charge in [0.2, 0.25) is 0 Å². The van der Waals surface area contributed by atoms with Crippen molar-refractivity contribution in [1.29, 1.82) is 0 Å². The van der Waals surface area contributed by atoms with Gasteiger partial charge in [-0.15, -0.1) is 0 Å². The van der Waals surface area contributed by atoms with Gasteiger partial charge in [0, 0.05) is 6.42 Å². The number of carbonyl (C=O) groups excluding carboxylic acids is 1. The number of methoxy groups -OCH3 is 1. The Labute approximate surface area is 110 Å². The molecule has 0 unspecified atom stereocenters. The highest BCUT2D eigenvalue weighted by Gasteiger charge is 2.13. The summed E-state index contributed by atoms with van der Waals surface area (Å²) >= 11 is 0. The van der Waals surface area contributed by atoms with Crippen LogP contribution in [-0.2, 0) is 4.74 Å². The first-order chi connectivity index (χ1) is 9.28. The van der Waals surface area contributed by atoms with Crippen LogP contribution in [-0.4, -0.2) is 26.3 Å². The number of benzene rings is 2. The average molecular weight is 258 g/mol. The van der Waals surface area contributed by atoms with Crippen LogP contribution in [0.3, 0.4) is 0 Å². The zero-order valence-electron chi connectivity index (χ0n) is 10.6. The molecule has 0 saturated heterocycles. The minimum absolute atomic E-state index is 0.339. The molecule has 2 aromatic rings. The third-order valence-corrected chi connectivity index (χ3v) is 3.13. The van der Waals surface area contributed by atoms with Crippen LogP contribution in [0.2, 0.25) is 0 Å². The molecule has 0 spiro atoms. The number of ether oxygens (including phenoxy) is 3. The predicted molar refractivity (Wildman–Crippen MR) is 70.9 cm³/mol. The lowest BCUT2D eigenvalue weighted by Crippen LogP contribution is -2.00. The van der Waals surface area contributed by atoms with E-state index in [9.17, 15) is 4.79 Å². The van der Waals surface area contributed by atoms with Crippen LogP contribution in [0.25, 0.3) is 10.8 Å². The normalized spacial score (nSPS) is 13.9. The molecule has 0 amide bonds.